The van der Waals surface area contributed by atoms with Gasteiger partial charge in [0.05, 0.1) is 0 Å². The number of amides is 1. The third-order valence-corrected chi connectivity index (χ3v) is 3.94. The minimum absolute atomic E-state index is 0.0308. The minimum Gasteiger partial charge on any atom is -0.422 e. The van der Waals surface area contributed by atoms with Crippen molar-refractivity contribution in [1.29, 1.82) is 0 Å². The average molecular weight is 346 g/mol. The highest BCUT2D eigenvalue weighted by Crippen LogP contribution is 2.13. The number of nitrogens with zero attached hydrogens (tertiary/aromatic N) is 3. The molecule has 0 radical (unpaired) electrons. The summed E-state index contributed by atoms with van der Waals surface area (Å²) in [4.78, 5) is 32.9. The van der Waals surface area contributed by atoms with Gasteiger partial charge >= 0.3 is 5.63 Å². The van der Waals surface area contributed by atoms with Gasteiger partial charge in [-0.05, 0) is 18.2 Å². The molecule has 1 aromatic carbocycles. The topological polar surface area (TPSA) is 90.0 Å². The van der Waals surface area contributed by atoms with Crippen LogP contribution in [0.25, 0.3) is 16.8 Å². The second-order valence-electron chi connectivity index (χ2n) is 5.62. The fourth-order valence-corrected chi connectivity index (χ4v) is 2.68. The maximum absolute atomic E-state index is 12.5. The lowest BCUT2D eigenvalue weighted by Gasteiger charge is -2.10. The monoisotopic (exact) mass is 346 g/mol. The second kappa shape index (κ2) is 6.64. The first-order valence-electron chi connectivity index (χ1n) is 7.96. The summed E-state index contributed by atoms with van der Waals surface area (Å²) in [6, 6.07) is 12.2. The van der Waals surface area contributed by atoms with Gasteiger partial charge in [0.25, 0.3) is 5.91 Å². The standard InChI is InChI=1S/C19H14N4O3/c24-18(15-10-13-4-1-2-6-16(13)26-19(15)25)22-11-14-5-3-7-21-17(14)23-9-8-20-12-23/h1-10,12H,11H2,(H,22,24). The van der Waals surface area contributed by atoms with Gasteiger partial charge in [0.1, 0.15) is 23.3 Å². The van der Waals surface area contributed by atoms with Crippen molar-refractivity contribution in [1.82, 2.24) is 19.9 Å². The minimum atomic E-state index is -0.665. The van der Waals surface area contributed by atoms with E-state index in [0.717, 1.165) is 5.56 Å². The van der Waals surface area contributed by atoms with Crippen molar-refractivity contribution < 1.29 is 9.21 Å². The Kier molecular flexibility index (Phi) is 4.03. The third-order valence-electron chi connectivity index (χ3n) is 3.94. The van der Waals surface area contributed by atoms with Crippen LogP contribution in [0.5, 0.6) is 0 Å². The van der Waals surface area contributed by atoms with E-state index >= 15 is 0 Å². The Morgan fingerprint density at radius 1 is 1.15 bits per heavy atom. The summed E-state index contributed by atoms with van der Waals surface area (Å²) in [6.45, 7) is 0.215. The molecule has 128 valence electrons. The number of para-hydroxylation sites is 1. The predicted molar refractivity (Wildman–Crippen MR) is 95.0 cm³/mol. The first kappa shape index (κ1) is 15.8. The van der Waals surface area contributed by atoms with Crippen LogP contribution in [0.2, 0.25) is 0 Å². The van der Waals surface area contributed by atoms with Crippen LogP contribution in [-0.4, -0.2) is 20.4 Å². The van der Waals surface area contributed by atoms with Gasteiger partial charge in [-0.15, -0.1) is 0 Å². The maximum atomic E-state index is 12.5. The summed E-state index contributed by atoms with van der Waals surface area (Å²) in [5, 5.41) is 3.44. The summed E-state index contributed by atoms with van der Waals surface area (Å²) in [6.07, 6.45) is 6.72. The molecule has 26 heavy (non-hydrogen) atoms. The molecular weight excluding hydrogens is 332 g/mol. The average Bonchev–Trinajstić information content (AvgIpc) is 3.20. The lowest BCUT2D eigenvalue weighted by molar-refractivity contribution is 0.0947. The van der Waals surface area contributed by atoms with Crippen molar-refractivity contribution in [3.8, 4) is 5.82 Å². The van der Waals surface area contributed by atoms with Crippen molar-refractivity contribution in [2.75, 3.05) is 0 Å². The van der Waals surface area contributed by atoms with E-state index in [1.54, 1.807) is 53.8 Å². The van der Waals surface area contributed by atoms with Crippen LogP contribution in [0.15, 0.2) is 76.6 Å². The van der Waals surface area contributed by atoms with E-state index in [2.05, 4.69) is 15.3 Å². The van der Waals surface area contributed by atoms with Crippen molar-refractivity contribution >= 4 is 16.9 Å². The van der Waals surface area contributed by atoms with Gasteiger partial charge in [-0.3, -0.25) is 9.36 Å². The summed E-state index contributed by atoms with van der Waals surface area (Å²) in [5.41, 5.74) is 0.548. The molecule has 3 aromatic heterocycles. The summed E-state index contributed by atoms with van der Waals surface area (Å²) < 4.78 is 6.96. The molecule has 7 nitrogen and oxygen atoms in total. The number of carbonyl (C=O) groups is 1. The number of hydrogen-bond acceptors (Lipinski definition) is 5. The first-order chi connectivity index (χ1) is 12.7. The van der Waals surface area contributed by atoms with E-state index in [1.165, 1.54) is 6.07 Å². The molecular formula is C19H14N4O3. The SMILES string of the molecule is O=C(NCc1cccnc1-n1ccnc1)c1cc2ccccc2oc1=O. The van der Waals surface area contributed by atoms with Gasteiger partial charge < -0.3 is 9.73 Å². The number of benzene rings is 1. The van der Waals surface area contributed by atoms with Crippen molar-refractivity contribution in [2.45, 2.75) is 6.54 Å². The molecule has 3 heterocycles. The molecule has 0 aliphatic heterocycles. The quantitative estimate of drug-likeness (QED) is 0.573. The largest absolute Gasteiger partial charge is 0.422 e. The Morgan fingerprint density at radius 2 is 2.04 bits per heavy atom. The normalized spacial score (nSPS) is 10.8. The highest BCUT2D eigenvalue weighted by atomic mass is 16.4. The fraction of sp³-hybridized carbons (Fsp3) is 0.0526. The number of carbonyl (C=O) groups excluding carboxylic acids is 1. The molecule has 0 aliphatic carbocycles. The first-order valence-corrected chi connectivity index (χ1v) is 7.96. The van der Waals surface area contributed by atoms with Crippen LogP contribution in [0, 0.1) is 0 Å². The van der Waals surface area contributed by atoms with Gasteiger partial charge in [-0.1, -0.05) is 24.3 Å². The van der Waals surface area contributed by atoms with E-state index in [-0.39, 0.29) is 12.1 Å². The molecule has 0 unspecified atom stereocenters. The lowest BCUT2D eigenvalue weighted by atomic mass is 10.1. The third kappa shape index (κ3) is 2.98. The zero-order valence-electron chi connectivity index (χ0n) is 13.6. The van der Waals surface area contributed by atoms with Gasteiger partial charge in [0.2, 0.25) is 0 Å². The van der Waals surface area contributed by atoms with E-state index in [1.807, 2.05) is 12.1 Å². The molecule has 4 aromatic rings. The molecule has 0 atom stereocenters. The van der Waals surface area contributed by atoms with Crippen LogP contribution in [0.3, 0.4) is 0 Å². The van der Waals surface area contributed by atoms with Gasteiger partial charge in [0.15, 0.2) is 0 Å². The molecule has 0 spiro atoms. The fourth-order valence-electron chi connectivity index (χ4n) is 2.68. The molecule has 7 heteroatoms. The lowest BCUT2D eigenvalue weighted by Crippen LogP contribution is -2.28. The second-order valence-corrected chi connectivity index (χ2v) is 5.62. The molecule has 4 rings (SSSR count). The summed E-state index contributed by atoms with van der Waals surface area (Å²) in [5.74, 6) is 0.167. The van der Waals surface area contributed by atoms with Crippen LogP contribution in [-0.2, 0) is 6.54 Å². The summed E-state index contributed by atoms with van der Waals surface area (Å²) in [7, 11) is 0. The van der Waals surface area contributed by atoms with Gasteiger partial charge in [-0.2, -0.15) is 0 Å². The number of nitrogens with one attached hydrogen (secondary N) is 1. The van der Waals surface area contributed by atoms with Gasteiger partial charge in [-0.25, -0.2) is 14.8 Å². The smallest absolute Gasteiger partial charge is 0.349 e. The Bertz CT molecular complexity index is 1130. The van der Waals surface area contributed by atoms with E-state index in [0.29, 0.717) is 16.8 Å². The van der Waals surface area contributed by atoms with Crippen molar-refractivity contribution in [3.63, 3.8) is 0 Å². The predicted octanol–water partition coefficient (Wildman–Crippen LogP) is 2.30. The molecule has 0 saturated heterocycles. The Balaban J connectivity index is 1.59. The van der Waals surface area contributed by atoms with Crippen molar-refractivity contribution in [3.05, 3.63) is 88.9 Å². The van der Waals surface area contributed by atoms with Crippen LogP contribution < -0.4 is 10.9 Å². The molecule has 0 saturated carbocycles. The molecule has 1 amide bonds. The Labute approximate surface area is 147 Å². The van der Waals surface area contributed by atoms with E-state index in [4.69, 9.17) is 4.42 Å². The Hall–Kier alpha value is -3.74. The number of imidazole rings is 1. The van der Waals surface area contributed by atoms with E-state index < -0.39 is 11.5 Å². The number of hydrogen-bond donors (Lipinski definition) is 1. The highest BCUT2D eigenvalue weighted by Gasteiger charge is 2.14. The number of fused-ring (bicyclic) bond motifs is 1. The van der Waals surface area contributed by atoms with Gasteiger partial charge in [0, 0.05) is 36.1 Å². The molecule has 0 aliphatic rings. The van der Waals surface area contributed by atoms with Crippen molar-refractivity contribution in [2.24, 2.45) is 0 Å². The molecule has 0 fully saturated rings. The van der Waals surface area contributed by atoms with Crippen LogP contribution >= 0.6 is 0 Å². The van der Waals surface area contributed by atoms with Crippen LogP contribution in [0.1, 0.15) is 15.9 Å². The van der Waals surface area contributed by atoms with E-state index in [9.17, 15) is 9.59 Å². The number of rotatable bonds is 4. The molecule has 1 N–H and O–H groups in total. The van der Waals surface area contributed by atoms with Crippen LogP contribution in [0.4, 0.5) is 0 Å². The highest BCUT2D eigenvalue weighted by molar-refractivity contribution is 5.96. The summed E-state index contributed by atoms with van der Waals surface area (Å²) >= 11 is 0. The Morgan fingerprint density at radius 3 is 2.88 bits per heavy atom. The number of pyridine rings is 1. The molecule has 0 bridgehead atoms. The maximum Gasteiger partial charge on any atom is 0.349 e. The zero-order valence-corrected chi connectivity index (χ0v) is 13.6. The number of aromatic nitrogens is 3. The zero-order chi connectivity index (χ0) is 17.9.